The van der Waals surface area contributed by atoms with Crippen molar-refractivity contribution in [2.24, 2.45) is 23.2 Å². The first-order chi connectivity index (χ1) is 16.5. The Morgan fingerprint density at radius 2 is 2.03 bits per heavy atom. The van der Waals surface area contributed by atoms with E-state index >= 15 is 0 Å². The van der Waals surface area contributed by atoms with Gasteiger partial charge in [0.25, 0.3) is 0 Å². The highest BCUT2D eigenvalue weighted by Gasteiger charge is 2.95. The second-order valence-corrected chi connectivity index (χ2v) is 12.9. The number of hydrogen-bond acceptors (Lipinski definition) is 9. The number of rotatable bonds is 7. The lowest BCUT2D eigenvalue weighted by Crippen LogP contribution is -2.70. The number of fused-ring (bicyclic) bond motifs is 2. The first-order valence-corrected chi connectivity index (χ1v) is 14.1. The Labute approximate surface area is 204 Å². The van der Waals surface area contributed by atoms with Gasteiger partial charge in [-0.2, -0.15) is 0 Å². The quantitative estimate of drug-likeness (QED) is 0.226. The summed E-state index contributed by atoms with van der Waals surface area (Å²) in [5.41, 5.74) is -0.136. The van der Waals surface area contributed by atoms with Gasteiger partial charge in [-0.05, 0) is 43.1 Å². The number of ether oxygens (including phenoxy) is 4. The van der Waals surface area contributed by atoms with Crippen LogP contribution in [0.2, 0.25) is 0 Å². The summed E-state index contributed by atoms with van der Waals surface area (Å²) in [6.45, 7) is 8.33. The molecule has 6 rings (SSSR count). The predicted molar refractivity (Wildman–Crippen MR) is 120 cm³/mol. The van der Waals surface area contributed by atoms with Crippen molar-refractivity contribution in [1.29, 1.82) is 0 Å². The highest BCUT2D eigenvalue weighted by molar-refractivity contribution is 7.47. The maximum atomic E-state index is 12.3. The SMILES string of the molecule is CCC(OC1C(C(C)C)[C@@H](O)[C@@H]2O[C@]23[C@]12OC2C[C@H]1C2=C(CC[C@@]13C)C(=O)OC2)OP(=O)(O)OC. The minimum Gasteiger partial charge on any atom is -0.458 e. The molecule has 0 radical (unpaired) electrons. The predicted octanol–water partition coefficient (Wildman–Crippen LogP) is 2.47. The summed E-state index contributed by atoms with van der Waals surface area (Å²) in [4.78, 5) is 22.2. The molecule has 0 aromatic heterocycles. The molecule has 196 valence electrons. The average Bonchev–Trinajstić information content (AvgIpc) is 3.69. The minimum absolute atomic E-state index is 0.0318. The molecule has 0 amide bonds. The number of phosphoric ester groups is 1. The molecule has 3 aliphatic carbocycles. The number of carbonyl (C=O) groups is 1. The van der Waals surface area contributed by atoms with Gasteiger partial charge in [-0.3, -0.25) is 9.05 Å². The molecular formula is C24H35O10P. The highest BCUT2D eigenvalue weighted by atomic mass is 31.2. The normalized spacial score (nSPS) is 49.8. The molecule has 5 unspecified atom stereocenters. The van der Waals surface area contributed by atoms with Crippen LogP contribution in [-0.2, 0) is 37.4 Å². The number of carbonyl (C=O) groups excluding carboxylic acids is 1. The Hall–Kier alpha value is -0.840. The summed E-state index contributed by atoms with van der Waals surface area (Å²) in [7, 11) is -3.18. The van der Waals surface area contributed by atoms with Crippen molar-refractivity contribution in [2.75, 3.05) is 13.7 Å². The maximum absolute atomic E-state index is 12.3. The van der Waals surface area contributed by atoms with E-state index in [0.29, 0.717) is 25.9 Å². The highest BCUT2D eigenvalue weighted by Crippen LogP contribution is 2.79. The fourth-order valence-corrected chi connectivity index (χ4v) is 8.67. The van der Waals surface area contributed by atoms with Crippen LogP contribution in [0, 0.1) is 23.2 Å². The summed E-state index contributed by atoms with van der Waals surface area (Å²) >= 11 is 0. The van der Waals surface area contributed by atoms with Crippen molar-refractivity contribution < 1.29 is 47.4 Å². The molecule has 6 aliphatic rings. The number of aliphatic hydroxyl groups excluding tert-OH is 1. The summed E-state index contributed by atoms with van der Waals surface area (Å²) in [6, 6.07) is 0. The number of aliphatic hydroxyl groups is 1. The Balaban J connectivity index is 1.40. The summed E-state index contributed by atoms with van der Waals surface area (Å²) < 4.78 is 47.1. The average molecular weight is 515 g/mol. The Bertz CT molecular complexity index is 1030. The van der Waals surface area contributed by atoms with E-state index in [4.69, 9.17) is 23.5 Å². The molecule has 3 aliphatic heterocycles. The third-order valence-corrected chi connectivity index (χ3v) is 10.7. The van der Waals surface area contributed by atoms with Gasteiger partial charge < -0.3 is 28.9 Å². The van der Waals surface area contributed by atoms with Gasteiger partial charge in [-0.25, -0.2) is 9.36 Å². The van der Waals surface area contributed by atoms with E-state index in [1.165, 1.54) is 0 Å². The lowest BCUT2D eigenvalue weighted by Gasteiger charge is -2.55. The molecule has 10 nitrogen and oxygen atoms in total. The van der Waals surface area contributed by atoms with Crippen LogP contribution in [0.25, 0.3) is 0 Å². The first-order valence-electron chi connectivity index (χ1n) is 12.6. The van der Waals surface area contributed by atoms with E-state index in [-0.39, 0.29) is 35.2 Å². The molecule has 35 heavy (non-hydrogen) atoms. The number of phosphoric acid groups is 1. The van der Waals surface area contributed by atoms with Crippen LogP contribution in [0.5, 0.6) is 0 Å². The molecule has 0 aromatic rings. The number of esters is 1. The monoisotopic (exact) mass is 514 g/mol. The Kier molecular flexibility index (Phi) is 5.32. The number of epoxide rings is 2. The maximum Gasteiger partial charge on any atom is 0.474 e. The van der Waals surface area contributed by atoms with Crippen LogP contribution in [0.3, 0.4) is 0 Å². The molecule has 0 aromatic carbocycles. The molecule has 2 saturated carbocycles. The van der Waals surface area contributed by atoms with E-state index in [2.05, 4.69) is 11.4 Å². The zero-order chi connectivity index (χ0) is 25.1. The standard InChI is InChI=1S/C24H35O10P/c1-6-16(34-35(27,28)29-5)31-19-17(11(2)3)18(25)20-24(33-20)22(4)8-7-12-13(10-30-21(12)26)14(22)9-15-23(19,24)32-15/h11,14-20,25H,6-10H2,1-5H3,(H,27,28)/t14-,15?,16?,17?,18+,19?,20-,22-,23+,24+/m0/s1. The van der Waals surface area contributed by atoms with Crippen molar-refractivity contribution >= 4 is 13.8 Å². The van der Waals surface area contributed by atoms with E-state index in [1.807, 2.05) is 13.8 Å². The molecule has 0 bridgehead atoms. The van der Waals surface area contributed by atoms with Gasteiger partial charge in [0.05, 0.1) is 12.2 Å². The van der Waals surface area contributed by atoms with Gasteiger partial charge in [-0.1, -0.05) is 27.7 Å². The van der Waals surface area contributed by atoms with Gasteiger partial charge >= 0.3 is 13.8 Å². The van der Waals surface area contributed by atoms with Crippen molar-refractivity contribution in [3.63, 3.8) is 0 Å². The smallest absolute Gasteiger partial charge is 0.458 e. The zero-order valence-electron chi connectivity index (χ0n) is 20.8. The van der Waals surface area contributed by atoms with Gasteiger partial charge in [0.15, 0.2) is 11.9 Å². The van der Waals surface area contributed by atoms with Crippen LogP contribution in [-0.4, -0.2) is 71.6 Å². The first kappa shape index (κ1) is 24.5. The Morgan fingerprint density at radius 3 is 2.69 bits per heavy atom. The summed E-state index contributed by atoms with van der Waals surface area (Å²) in [5.74, 6) is -0.463. The second kappa shape index (κ2) is 7.60. The van der Waals surface area contributed by atoms with Gasteiger partial charge in [0.1, 0.15) is 24.4 Å². The van der Waals surface area contributed by atoms with Crippen LogP contribution < -0.4 is 0 Å². The van der Waals surface area contributed by atoms with Crippen molar-refractivity contribution in [1.82, 2.24) is 0 Å². The third kappa shape index (κ3) is 2.97. The van der Waals surface area contributed by atoms with E-state index in [9.17, 15) is 19.4 Å². The molecule has 11 atom stereocenters. The van der Waals surface area contributed by atoms with Gasteiger partial charge in [0, 0.05) is 24.0 Å². The van der Waals surface area contributed by atoms with Crippen LogP contribution >= 0.6 is 7.82 Å². The van der Waals surface area contributed by atoms with E-state index in [1.54, 1.807) is 6.92 Å². The molecule has 11 heteroatoms. The van der Waals surface area contributed by atoms with Crippen LogP contribution in [0.15, 0.2) is 11.1 Å². The summed E-state index contributed by atoms with van der Waals surface area (Å²) in [6.07, 6.45) is -0.696. The van der Waals surface area contributed by atoms with Gasteiger partial charge in [0.2, 0.25) is 0 Å². The van der Waals surface area contributed by atoms with Crippen LogP contribution in [0.1, 0.15) is 53.4 Å². The topological polar surface area (TPSA) is 137 Å². The molecule has 2 N–H and O–H groups in total. The fourth-order valence-electron chi connectivity index (χ4n) is 8.09. The van der Waals surface area contributed by atoms with Crippen LogP contribution in [0.4, 0.5) is 0 Å². The molecule has 2 saturated heterocycles. The Morgan fingerprint density at radius 1 is 1.29 bits per heavy atom. The van der Waals surface area contributed by atoms with E-state index < -0.39 is 43.6 Å². The molecule has 4 fully saturated rings. The largest absolute Gasteiger partial charge is 0.474 e. The van der Waals surface area contributed by atoms with Crippen molar-refractivity contribution in [2.45, 2.75) is 95.3 Å². The van der Waals surface area contributed by atoms with Crippen molar-refractivity contribution in [3.05, 3.63) is 11.1 Å². The zero-order valence-corrected chi connectivity index (χ0v) is 21.7. The summed E-state index contributed by atoms with van der Waals surface area (Å²) in [5, 5.41) is 11.6. The second-order valence-electron chi connectivity index (χ2n) is 11.4. The molecule has 2 spiro atoms. The van der Waals surface area contributed by atoms with E-state index in [0.717, 1.165) is 24.7 Å². The third-order valence-electron chi connectivity index (χ3n) is 9.73. The minimum atomic E-state index is -4.29. The van der Waals surface area contributed by atoms with Gasteiger partial charge in [-0.15, -0.1) is 0 Å². The fraction of sp³-hybridized carbons (Fsp3) is 0.875. The molecular weight excluding hydrogens is 479 g/mol. The lowest BCUT2D eigenvalue weighted by molar-refractivity contribution is -0.212. The number of cyclic esters (lactones) is 1. The molecule has 3 heterocycles. The lowest BCUT2D eigenvalue weighted by atomic mass is 9.46. The number of hydrogen-bond donors (Lipinski definition) is 2. The van der Waals surface area contributed by atoms with Crippen molar-refractivity contribution in [3.8, 4) is 0 Å².